The summed E-state index contributed by atoms with van der Waals surface area (Å²) < 4.78 is 17.5. The number of ether oxygens (including phenoxy) is 3. The minimum atomic E-state index is -0.455. The van der Waals surface area contributed by atoms with Gasteiger partial charge in [0.2, 0.25) is 0 Å². The zero-order valence-corrected chi connectivity index (χ0v) is 19.3. The van der Waals surface area contributed by atoms with E-state index in [9.17, 15) is 9.59 Å². The van der Waals surface area contributed by atoms with Crippen LogP contribution in [-0.2, 0) is 19.0 Å². The summed E-state index contributed by atoms with van der Waals surface area (Å²) >= 11 is 0. The van der Waals surface area contributed by atoms with E-state index in [2.05, 4.69) is 19.9 Å². The van der Waals surface area contributed by atoms with Crippen molar-refractivity contribution < 1.29 is 23.8 Å². The standard InChI is InChI=1S/C26H36O5/c1-6-8-12-18(3)25(29-5)19(4)22(31-26(28)21-13-10-9-11-14-21)17-23-20(7-2)15-16-24(27)30-23/h6,8-11,13-16,18-20,22-23,25H,7,12,17H2,1-5H3/b8-6+/t18-,19-,20+,22+,23+,25+/m0/s1. The molecule has 1 aliphatic heterocycles. The number of benzene rings is 1. The molecule has 5 nitrogen and oxygen atoms in total. The fraction of sp³-hybridized carbons (Fsp3) is 0.538. The molecule has 1 aromatic carbocycles. The van der Waals surface area contributed by atoms with Crippen molar-refractivity contribution in [1.82, 2.24) is 0 Å². The van der Waals surface area contributed by atoms with Crippen LogP contribution in [0.5, 0.6) is 0 Å². The minimum Gasteiger partial charge on any atom is -0.458 e. The van der Waals surface area contributed by atoms with Crippen molar-refractivity contribution >= 4 is 11.9 Å². The molecule has 0 fully saturated rings. The van der Waals surface area contributed by atoms with Crippen molar-refractivity contribution in [2.45, 2.75) is 65.3 Å². The second-order valence-electron chi connectivity index (χ2n) is 8.29. The first-order valence-corrected chi connectivity index (χ1v) is 11.2. The molecule has 0 bridgehead atoms. The fourth-order valence-electron chi connectivity index (χ4n) is 4.26. The van der Waals surface area contributed by atoms with Crippen LogP contribution in [0.15, 0.2) is 54.6 Å². The third kappa shape index (κ3) is 7.06. The second kappa shape index (κ2) is 12.5. The highest BCUT2D eigenvalue weighted by molar-refractivity contribution is 5.89. The molecule has 1 aromatic rings. The highest BCUT2D eigenvalue weighted by atomic mass is 16.6. The molecule has 0 saturated carbocycles. The van der Waals surface area contributed by atoms with Crippen LogP contribution in [0.25, 0.3) is 0 Å². The Morgan fingerprint density at radius 3 is 2.55 bits per heavy atom. The molecule has 0 amide bonds. The predicted molar refractivity (Wildman–Crippen MR) is 122 cm³/mol. The van der Waals surface area contributed by atoms with Crippen molar-refractivity contribution in [1.29, 1.82) is 0 Å². The molecule has 1 aliphatic rings. The van der Waals surface area contributed by atoms with E-state index in [0.29, 0.717) is 12.0 Å². The molecule has 31 heavy (non-hydrogen) atoms. The van der Waals surface area contributed by atoms with Crippen LogP contribution in [0.3, 0.4) is 0 Å². The SMILES string of the molecule is C/C=C/C[C@H](C)[C@@H](OC)[C@@H](C)[C@@H](C[C@H]1OC(=O)C=C[C@H]1CC)OC(=O)c1ccccc1. The Bertz CT molecular complexity index is 754. The number of cyclic esters (lactones) is 1. The van der Waals surface area contributed by atoms with Gasteiger partial charge in [0.15, 0.2) is 0 Å². The van der Waals surface area contributed by atoms with Gasteiger partial charge in [0.1, 0.15) is 12.2 Å². The van der Waals surface area contributed by atoms with E-state index < -0.39 is 6.10 Å². The molecule has 2 rings (SSSR count). The molecule has 0 saturated heterocycles. The van der Waals surface area contributed by atoms with Gasteiger partial charge in [0, 0.05) is 31.4 Å². The Kier molecular flexibility index (Phi) is 9.99. The van der Waals surface area contributed by atoms with Crippen molar-refractivity contribution in [2.75, 3.05) is 7.11 Å². The van der Waals surface area contributed by atoms with E-state index in [1.165, 1.54) is 6.08 Å². The van der Waals surface area contributed by atoms with Gasteiger partial charge >= 0.3 is 11.9 Å². The number of esters is 2. The van der Waals surface area contributed by atoms with Crippen LogP contribution < -0.4 is 0 Å². The monoisotopic (exact) mass is 428 g/mol. The van der Waals surface area contributed by atoms with Gasteiger partial charge in [-0.15, -0.1) is 0 Å². The zero-order chi connectivity index (χ0) is 22.8. The smallest absolute Gasteiger partial charge is 0.338 e. The van der Waals surface area contributed by atoms with Gasteiger partial charge in [-0.1, -0.05) is 57.2 Å². The molecule has 0 aliphatic carbocycles. The van der Waals surface area contributed by atoms with Gasteiger partial charge in [0.05, 0.1) is 11.7 Å². The largest absolute Gasteiger partial charge is 0.458 e. The average Bonchev–Trinajstić information content (AvgIpc) is 2.78. The molecular weight excluding hydrogens is 392 g/mol. The number of methoxy groups -OCH3 is 1. The van der Waals surface area contributed by atoms with E-state index in [0.717, 1.165) is 12.8 Å². The molecule has 0 N–H and O–H groups in total. The minimum absolute atomic E-state index is 0.0833. The fourth-order valence-corrected chi connectivity index (χ4v) is 4.26. The summed E-state index contributed by atoms with van der Waals surface area (Å²) in [6.45, 7) is 8.24. The molecule has 0 unspecified atom stereocenters. The Morgan fingerprint density at radius 2 is 1.94 bits per heavy atom. The number of allylic oxidation sites excluding steroid dienone is 2. The Balaban J connectivity index is 2.26. The Hall–Kier alpha value is -2.40. The normalized spacial score (nSPS) is 22.5. The molecule has 0 spiro atoms. The van der Waals surface area contributed by atoms with E-state index in [4.69, 9.17) is 14.2 Å². The van der Waals surface area contributed by atoms with Crippen LogP contribution in [0.1, 0.15) is 57.3 Å². The third-order valence-electron chi connectivity index (χ3n) is 6.11. The topological polar surface area (TPSA) is 61.8 Å². The van der Waals surface area contributed by atoms with Crippen molar-refractivity contribution in [3.8, 4) is 0 Å². The molecular formula is C26H36O5. The summed E-state index contributed by atoms with van der Waals surface area (Å²) in [6, 6.07) is 8.97. The van der Waals surface area contributed by atoms with Crippen LogP contribution in [0, 0.1) is 17.8 Å². The highest BCUT2D eigenvalue weighted by Crippen LogP contribution is 2.31. The Morgan fingerprint density at radius 1 is 1.23 bits per heavy atom. The maximum Gasteiger partial charge on any atom is 0.338 e. The number of rotatable bonds is 11. The Labute approximate surface area is 186 Å². The first-order valence-electron chi connectivity index (χ1n) is 11.2. The number of hydrogen-bond acceptors (Lipinski definition) is 5. The second-order valence-corrected chi connectivity index (χ2v) is 8.29. The predicted octanol–water partition coefficient (Wildman–Crippen LogP) is 5.36. The quantitative estimate of drug-likeness (QED) is 0.351. The van der Waals surface area contributed by atoms with Gasteiger partial charge in [-0.25, -0.2) is 9.59 Å². The van der Waals surface area contributed by atoms with Crippen LogP contribution in [0.4, 0.5) is 0 Å². The lowest BCUT2D eigenvalue weighted by atomic mass is 9.83. The van der Waals surface area contributed by atoms with Gasteiger partial charge in [-0.2, -0.15) is 0 Å². The maximum absolute atomic E-state index is 12.9. The summed E-state index contributed by atoms with van der Waals surface area (Å²) in [5, 5.41) is 0. The van der Waals surface area contributed by atoms with Gasteiger partial charge < -0.3 is 14.2 Å². The van der Waals surface area contributed by atoms with Gasteiger partial charge in [0.25, 0.3) is 0 Å². The first kappa shape index (κ1) is 24.9. The van der Waals surface area contributed by atoms with E-state index >= 15 is 0 Å². The molecule has 0 radical (unpaired) electrons. The molecule has 6 atom stereocenters. The van der Waals surface area contributed by atoms with Gasteiger partial charge in [-0.05, 0) is 37.8 Å². The van der Waals surface area contributed by atoms with E-state index in [-0.39, 0.29) is 41.9 Å². The molecule has 1 heterocycles. The van der Waals surface area contributed by atoms with Crippen LogP contribution >= 0.6 is 0 Å². The van der Waals surface area contributed by atoms with E-state index in [1.807, 2.05) is 44.2 Å². The highest BCUT2D eigenvalue weighted by Gasteiger charge is 2.37. The number of carbonyl (C=O) groups excluding carboxylic acids is 2. The first-order chi connectivity index (χ1) is 14.9. The lowest BCUT2D eigenvalue weighted by molar-refractivity contribution is -0.149. The molecule has 0 aromatic heterocycles. The summed E-state index contributed by atoms with van der Waals surface area (Å²) in [5.74, 6) is -0.464. The van der Waals surface area contributed by atoms with Crippen LogP contribution in [-0.4, -0.2) is 37.4 Å². The average molecular weight is 429 g/mol. The lowest BCUT2D eigenvalue weighted by Crippen LogP contribution is -2.42. The van der Waals surface area contributed by atoms with E-state index in [1.54, 1.807) is 19.2 Å². The summed E-state index contributed by atoms with van der Waals surface area (Å²) in [5.41, 5.74) is 0.503. The molecule has 5 heteroatoms. The van der Waals surface area contributed by atoms with Crippen molar-refractivity contribution in [3.05, 3.63) is 60.2 Å². The maximum atomic E-state index is 12.9. The zero-order valence-electron chi connectivity index (χ0n) is 19.3. The summed E-state index contributed by atoms with van der Waals surface area (Å²) in [4.78, 5) is 24.8. The van der Waals surface area contributed by atoms with Gasteiger partial charge in [-0.3, -0.25) is 0 Å². The summed E-state index contributed by atoms with van der Waals surface area (Å²) in [6.07, 6.45) is 8.78. The molecule has 170 valence electrons. The third-order valence-corrected chi connectivity index (χ3v) is 6.11. The number of carbonyl (C=O) groups is 2. The van der Waals surface area contributed by atoms with Crippen molar-refractivity contribution in [2.24, 2.45) is 17.8 Å². The number of hydrogen-bond donors (Lipinski definition) is 0. The summed E-state index contributed by atoms with van der Waals surface area (Å²) in [7, 11) is 1.70. The van der Waals surface area contributed by atoms with Crippen molar-refractivity contribution in [3.63, 3.8) is 0 Å². The lowest BCUT2D eigenvalue weighted by Gasteiger charge is -2.36. The van der Waals surface area contributed by atoms with Crippen LogP contribution in [0.2, 0.25) is 0 Å².